The van der Waals surface area contributed by atoms with Gasteiger partial charge in [0.25, 0.3) is 0 Å². The van der Waals surface area contributed by atoms with Crippen LogP contribution in [-0.4, -0.2) is 19.2 Å². The Kier molecular flexibility index (Phi) is 7.11. The van der Waals surface area contributed by atoms with Crippen LogP contribution < -0.4 is 14.2 Å². The monoisotopic (exact) mass is 392 g/mol. The number of carbonyl (C=O) groups excluding carboxylic acids is 1. The summed E-state index contributed by atoms with van der Waals surface area (Å²) in [5, 5.41) is 0. The highest BCUT2D eigenvalue weighted by Gasteiger charge is 2.14. The van der Waals surface area contributed by atoms with E-state index in [-0.39, 0.29) is 6.61 Å². The summed E-state index contributed by atoms with van der Waals surface area (Å²) in [4.78, 5) is 12.6. The third-order valence-electron chi connectivity index (χ3n) is 4.08. The molecule has 0 N–H and O–H groups in total. The number of ether oxygens (including phenoxy) is 4. The average Bonchev–Trinajstić information content (AvgIpc) is 2.75. The Morgan fingerprint density at radius 3 is 2.21 bits per heavy atom. The summed E-state index contributed by atoms with van der Waals surface area (Å²) in [6.45, 7) is 4.86. The van der Waals surface area contributed by atoms with E-state index in [1.807, 2.05) is 68.4 Å². The van der Waals surface area contributed by atoms with E-state index >= 15 is 0 Å². The lowest BCUT2D eigenvalue weighted by Gasteiger charge is -2.13. The first-order valence-corrected chi connectivity index (χ1v) is 9.58. The largest absolute Gasteiger partial charge is 0.490 e. The van der Waals surface area contributed by atoms with Crippen molar-refractivity contribution in [2.75, 3.05) is 13.2 Å². The average molecular weight is 392 g/mol. The summed E-state index contributed by atoms with van der Waals surface area (Å²) < 4.78 is 22.5. The fraction of sp³-hybridized carbons (Fsp3) is 0.208. The molecule has 3 rings (SSSR count). The van der Waals surface area contributed by atoms with E-state index in [4.69, 9.17) is 18.9 Å². The zero-order valence-electron chi connectivity index (χ0n) is 16.6. The van der Waals surface area contributed by atoms with Crippen LogP contribution in [0.5, 0.6) is 23.0 Å². The van der Waals surface area contributed by atoms with Crippen molar-refractivity contribution in [3.63, 3.8) is 0 Å². The van der Waals surface area contributed by atoms with Gasteiger partial charge in [0.05, 0.1) is 18.8 Å². The van der Waals surface area contributed by atoms with Gasteiger partial charge >= 0.3 is 5.97 Å². The van der Waals surface area contributed by atoms with Crippen LogP contribution in [0.3, 0.4) is 0 Å². The minimum Gasteiger partial charge on any atom is -0.490 e. The van der Waals surface area contributed by atoms with Crippen molar-refractivity contribution in [2.45, 2.75) is 20.5 Å². The Morgan fingerprint density at radius 1 is 0.759 bits per heavy atom. The highest BCUT2D eigenvalue weighted by Crippen LogP contribution is 2.29. The zero-order valence-corrected chi connectivity index (χ0v) is 16.6. The van der Waals surface area contributed by atoms with E-state index in [1.54, 1.807) is 18.2 Å². The fourth-order valence-electron chi connectivity index (χ4n) is 2.74. The number of esters is 1. The van der Waals surface area contributed by atoms with E-state index in [2.05, 4.69) is 0 Å². The summed E-state index contributed by atoms with van der Waals surface area (Å²) in [7, 11) is 0. The highest BCUT2D eigenvalue weighted by atomic mass is 16.5. The van der Waals surface area contributed by atoms with Gasteiger partial charge < -0.3 is 18.9 Å². The predicted octanol–water partition coefficient (Wildman–Crippen LogP) is 5.63. The molecule has 5 nitrogen and oxygen atoms in total. The van der Waals surface area contributed by atoms with Crippen molar-refractivity contribution in [1.29, 1.82) is 0 Å². The van der Waals surface area contributed by atoms with Gasteiger partial charge in [0.1, 0.15) is 18.1 Å². The van der Waals surface area contributed by atoms with Crippen LogP contribution in [0, 0.1) is 0 Å². The maximum atomic E-state index is 12.6. The van der Waals surface area contributed by atoms with Gasteiger partial charge in [-0.15, -0.1) is 0 Å². The van der Waals surface area contributed by atoms with Gasteiger partial charge in [-0.2, -0.15) is 0 Å². The molecule has 0 aromatic heterocycles. The van der Waals surface area contributed by atoms with Crippen LogP contribution in [0.25, 0.3) is 0 Å². The van der Waals surface area contributed by atoms with Gasteiger partial charge in [-0.25, -0.2) is 4.79 Å². The minimum atomic E-state index is -0.441. The molecule has 0 saturated carbocycles. The Hall–Kier alpha value is -3.47. The molecule has 0 bridgehead atoms. The topological polar surface area (TPSA) is 54.0 Å². The summed E-state index contributed by atoms with van der Waals surface area (Å²) in [5.41, 5.74) is 1.18. The molecule has 0 saturated heterocycles. The second-order valence-corrected chi connectivity index (χ2v) is 6.13. The van der Waals surface area contributed by atoms with Crippen LogP contribution >= 0.6 is 0 Å². The number of benzene rings is 3. The number of hydrogen-bond donors (Lipinski definition) is 0. The molecule has 150 valence electrons. The molecule has 0 spiro atoms. The first-order chi connectivity index (χ1) is 14.2. The van der Waals surface area contributed by atoms with E-state index < -0.39 is 5.97 Å². The van der Waals surface area contributed by atoms with Crippen molar-refractivity contribution in [3.8, 4) is 23.0 Å². The van der Waals surface area contributed by atoms with Crippen LogP contribution in [0.2, 0.25) is 0 Å². The Labute approximate surface area is 170 Å². The third kappa shape index (κ3) is 5.51. The molecule has 0 heterocycles. The molecule has 0 fully saturated rings. The number of hydrogen-bond acceptors (Lipinski definition) is 5. The van der Waals surface area contributed by atoms with Gasteiger partial charge in [-0.05, 0) is 50.2 Å². The SMILES string of the molecule is CCOc1ccc(C(=O)OCc2ccccc2Oc2ccccc2)cc1OCC. The van der Waals surface area contributed by atoms with Crippen LogP contribution in [0.1, 0.15) is 29.8 Å². The van der Waals surface area contributed by atoms with Crippen LogP contribution in [-0.2, 0) is 11.3 Å². The first kappa shape index (κ1) is 20.3. The number of carbonyl (C=O) groups is 1. The zero-order chi connectivity index (χ0) is 20.5. The summed E-state index contributed by atoms with van der Waals surface area (Å²) in [5.74, 6) is 2.06. The lowest BCUT2D eigenvalue weighted by atomic mass is 10.2. The molecule has 3 aromatic carbocycles. The van der Waals surface area contributed by atoms with Crippen LogP contribution in [0.4, 0.5) is 0 Å². The van der Waals surface area contributed by atoms with E-state index in [1.165, 1.54) is 0 Å². The number of rotatable bonds is 9. The van der Waals surface area contributed by atoms with E-state index in [0.29, 0.717) is 36.0 Å². The summed E-state index contributed by atoms with van der Waals surface area (Å²) >= 11 is 0. The molecular formula is C24H24O5. The second-order valence-electron chi connectivity index (χ2n) is 6.13. The lowest BCUT2D eigenvalue weighted by Crippen LogP contribution is -2.07. The van der Waals surface area contributed by atoms with Crippen LogP contribution in [0.15, 0.2) is 72.8 Å². The second kappa shape index (κ2) is 10.2. The van der Waals surface area contributed by atoms with Crippen molar-refractivity contribution in [3.05, 3.63) is 83.9 Å². The summed E-state index contributed by atoms with van der Waals surface area (Å²) in [6.07, 6.45) is 0. The molecule has 0 amide bonds. The third-order valence-corrected chi connectivity index (χ3v) is 4.08. The van der Waals surface area contributed by atoms with E-state index in [0.717, 1.165) is 11.3 Å². The van der Waals surface area contributed by atoms with Gasteiger partial charge in [0.15, 0.2) is 11.5 Å². The lowest BCUT2D eigenvalue weighted by molar-refractivity contribution is 0.0470. The van der Waals surface area contributed by atoms with Crippen molar-refractivity contribution in [2.24, 2.45) is 0 Å². The molecule has 0 unspecified atom stereocenters. The quantitative estimate of drug-likeness (QED) is 0.442. The predicted molar refractivity (Wildman–Crippen MR) is 111 cm³/mol. The van der Waals surface area contributed by atoms with Crippen molar-refractivity contribution < 1.29 is 23.7 Å². The highest BCUT2D eigenvalue weighted by molar-refractivity contribution is 5.90. The molecule has 29 heavy (non-hydrogen) atoms. The minimum absolute atomic E-state index is 0.0962. The molecule has 0 aliphatic carbocycles. The Morgan fingerprint density at radius 2 is 1.45 bits per heavy atom. The molecule has 0 aliphatic heterocycles. The summed E-state index contributed by atoms with van der Waals surface area (Å²) in [6, 6.07) is 22.0. The molecular weight excluding hydrogens is 368 g/mol. The molecule has 0 aliphatic rings. The Bertz CT molecular complexity index is 937. The van der Waals surface area contributed by atoms with Crippen molar-refractivity contribution in [1.82, 2.24) is 0 Å². The smallest absolute Gasteiger partial charge is 0.338 e. The number of para-hydroxylation sites is 2. The molecule has 0 atom stereocenters. The van der Waals surface area contributed by atoms with Crippen molar-refractivity contribution >= 4 is 5.97 Å². The van der Waals surface area contributed by atoms with Gasteiger partial charge in [-0.1, -0.05) is 36.4 Å². The standard InChI is InChI=1S/C24H24O5/c1-3-26-22-15-14-18(16-23(22)27-4-2)24(25)28-17-19-10-8-9-13-21(19)29-20-11-6-5-7-12-20/h5-16H,3-4,17H2,1-2H3. The normalized spacial score (nSPS) is 10.3. The van der Waals surface area contributed by atoms with Gasteiger partial charge in [-0.3, -0.25) is 0 Å². The maximum Gasteiger partial charge on any atom is 0.338 e. The Balaban J connectivity index is 1.70. The van der Waals surface area contributed by atoms with E-state index in [9.17, 15) is 4.79 Å². The molecule has 3 aromatic rings. The molecule has 0 radical (unpaired) electrons. The molecule has 5 heteroatoms. The van der Waals surface area contributed by atoms with Gasteiger partial charge in [0.2, 0.25) is 0 Å². The first-order valence-electron chi connectivity index (χ1n) is 9.58. The van der Waals surface area contributed by atoms with Gasteiger partial charge in [0, 0.05) is 5.56 Å². The maximum absolute atomic E-state index is 12.6. The fourth-order valence-corrected chi connectivity index (χ4v) is 2.74.